The second-order valence-corrected chi connectivity index (χ2v) is 14.5. The van der Waals surface area contributed by atoms with Crippen molar-refractivity contribution >= 4 is 39.9 Å². The molecular formula is C37H52N8O5. The number of fused-ring (bicyclic) bond motifs is 2. The molecule has 3 heterocycles. The molecule has 5 amide bonds. The smallest absolute Gasteiger partial charge is 0.326 e. The number of rotatable bonds is 12. The van der Waals surface area contributed by atoms with E-state index < -0.39 is 29.5 Å². The van der Waals surface area contributed by atoms with Gasteiger partial charge in [-0.1, -0.05) is 58.0 Å². The van der Waals surface area contributed by atoms with Crippen molar-refractivity contribution in [2.45, 2.75) is 89.9 Å². The van der Waals surface area contributed by atoms with Gasteiger partial charge in [-0.15, -0.1) is 0 Å². The molecule has 13 heteroatoms. The summed E-state index contributed by atoms with van der Waals surface area (Å²) < 4.78 is 1.79. The van der Waals surface area contributed by atoms with Gasteiger partial charge in [0, 0.05) is 55.7 Å². The predicted octanol–water partition coefficient (Wildman–Crippen LogP) is 4.32. The number of imidazole rings is 1. The Morgan fingerprint density at radius 1 is 0.980 bits per heavy atom. The number of H-pyrrole nitrogens is 2. The number of para-hydroxylation sites is 3. The van der Waals surface area contributed by atoms with Crippen LogP contribution in [0.3, 0.4) is 0 Å². The number of unbranched alkanes of at least 4 members (excludes halogenated alkanes) is 1. The monoisotopic (exact) mass is 688 g/mol. The molecule has 2 aromatic heterocycles. The van der Waals surface area contributed by atoms with Crippen molar-refractivity contribution in [3.63, 3.8) is 0 Å². The van der Waals surface area contributed by atoms with E-state index >= 15 is 0 Å². The molecule has 270 valence electrons. The lowest BCUT2D eigenvalue weighted by molar-refractivity contribution is -0.125. The third-order valence-corrected chi connectivity index (χ3v) is 9.96. The average Bonchev–Trinajstić information content (AvgIpc) is 3.69. The minimum Gasteiger partial charge on any atom is -0.390 e. The molecule has 2 aromatic carbocycles. The van der Waals surface area contributed by atoms with Crippen LogP contribution in [0.2, 0.25) is 0 Å². The molecule has 1 aliphatic heterocycles. The Morgan fingerprint density at radius 3 is 2.36 bits per heavy atom. The van der Waals surface area contributed by atoms with Gasteiger partial charge in [0.25, 0.3) is 0 Å². The zero-order chi connectivity index (χ0) is 36.0. The zero-order valence-electron chi connectivity index (χ0n) is 29.7. The van der Waals surface area contributed by atoms with Crippen LogP contribution in [-0.4, -0.2) is 87.4 Å². The van der Waals surface area contributed by atoms with Crippen molar-refractivity contribution in [1.29, 1.82) is 0 Å². The van der Waals surface area contributed by atoms with Crippen molar-refractivity contribution < 1.29 is 19.5 Å². The summed E-state index contributed by atoms with van der Waals surface area (Å²) in [6.07, 6.45) is 4.03. The Balaban J connectivity index is 1.32. The number of hydrogen-bond donors (Lipinski definition) is 7. The molecule has 0 saturated carbocycles. The topological polar surface area (TPSA) is 176 Å². The van der Waals surface area contributed by atoms with E-state index in [-0.39, 0.29) is 29.7 Å². The van der Waals surface area contributed by atoms with E-state index in [0.717, 1.165) is 27.5 Å². The maximum Gasteiger partial charge on any atom is 0.326 e. The van der Waals surface area contributed by atoms with Crippen LogP contribution in [-0.2, 0) is 4.79 Å². The first kappa shape index (κ1) is 36.5. The van der Waals surface area contributed by atoms with Gasteiger partial charge in [0.15, 0.2) is 0 Å². The average molecular weight is 689 g/mol. The Kier molecular flexibility index (Phi) is 11.6. The Morgan fingerprint density at radius 2 is 1.66 bits per heavy atom. The van der Waals surface area contributed by atoms with Gasteiger partial charge < -0.3 is 41.2 Å². The number of nitrogens with one attached hydrogen (secondary N) is 6. The van der Waals surface area contributed by atoms with Gasteiger partial charge in [0.05, 0.1) is 23.2 Å². The van der Waals surface area contributed by atoms with E-state index in [1.807, 2.05) is 82.4 Å². The van der Waals surface area contributed by atoms with Crippen LogP contribution in [0.1, 0.15) is 77.3 Å². The van der Waals surface area contributed by atoms with Crippen LogP contribution >= 0.6 is 0 Å². The number of piperidine rings is 1. The van der Waals surface area contributed by atoms with Crippen LogP contribution < -0.4 is 27.0 Å². The van der Waals surface area contributed by atoms with Crippen LogP contribution in [0.25, 0.3) is 21.9 Å². The van der Waals surface area contributed by atoms with Gasteiger partial charge >= 0.3 is 17.8 Å². The highest BCUT2D eigenvalue weighted by molar-refractivity contribution is 5.90. The van der Waals surface area contributed by atoms with Crippen LogP contribution in [0.4, 0.5) is 9.59 Å². The van der Waals surface area contributed by atoms with Crippen molar-refractivity contribution in [3.8, 4) is 0 Å². The lowest BCUT2D eigenvalue weighted by atomic mass is 9.82. The quantitative estimate of drug-likeness (QED) is 0.110. The molecule has 1 unspecified atom stereocenters. The SMILES string of the molecule is CNC(=O)NCCCCC(NC(=O)[C@H](NC(=O)N1CCC(n2c(=O)[nH]c3ccccc32)CC1)[C@@H](C)c1c[nH]c2ccccc12)[C@H](O)C(C)(C)C. The number of likely N-dealkylation sites (tertiary alicyclic amines) is 1. The number of aromatic amines is 2. The first-order chi connectivity index (χ1) is 23.9. The summed E-state index contributed by atoms with van der Waals surface area (Å²) in [6.45, 7) is 9.01. The number of urea groups is 2. The van der Waals surface area contributed by atoms with E-state index in [1.165, 1.54) is 0 Å². The lowest BCUT2D eigenvalue weighted by Crippen LogP contribution is -2.58. The number of aliphatic hydroxyl groups is 1. The maximum absolute atomic E-state index is 14.3. The highest BCUT2D eigenvalue weighted by Gasteiger charge is 2.37. The number of carbonyl (C=O) groups excluding carboxylic acids is 3. The van der Waals surface area contributed by atoms with Gasteiger partial charge in [-0.2, -0.15) is 0 Å². The molecule has 13 nitrogen and oxygen atoms in total. The number of nitrogens with zero attached hydrogens (tertiary/aromatic N) is 2. The molecular weight excluding hydrogens is 636 g/mol. The van der Waals surface area contributed by atoms with E-state index in [4.69, 9.17) is 0 Å². The molecule has 0 aliphatic carbocycles. The summed E-state index contributed by atoms with van der Waals surface area (Å²) >= 11 is 0. The Labute approximate surface area is 292 Å². The second kappa shape index (κ2) is 15.8. The summed E-state index contributed by atoms with van der Waals surface area (Å²) in [5, 5.41) is 23.8. The lowest BCUT2D eigenvalue weighted by Gasteiger charge is -2.36. The summed E-state index contributed by atoms with van der Waals surface area (Å²) in [6, 6.07) is 13.2. The molecule has 0 bridgehead atoms. The van der Waals surface area contributed by atoms with E-state index in [1.54, 1.807) is 16.5 Å². The first-order valence-corrected chi connectivity index (χ1v) is 17.6. The molecule has 7 N–H and O–H groups in total. The van der Waals surface area contributed by atoms with Gasteiger partial charge in [0.2, 0.25) is 5.91 Å². The predicted molar refractivity (Wildman–Crippen MR) is 195 cm³/mol. The molecule has 0 radical (unpaired) electrons. The molecule has 4 atom stereocenters. The van der Waals surface area contributed by atoms with E-state index in [2.05, 4.69) is 31.2 Å². The fourth-order valence-electron chi connectivity index (χ4n) is 7.02. The van der Waals surface area contributed by atoms with E-state index in [0.29, 0.717) is 51.7 Å². The van der Waals surface area contributed by atoms with Gasteiger partial charge in [-0.05, 0) is 61.3 Å². The Hall–Kier alpha value is -4.78. The maximum atomic E-state index is 14.3. The second-order valence-electron chi connectivity index (χ2n) is 14.5. The standard InChI is InChI=1S/C37H52N8O5/c1-23(26-22-40-27-13-7-6-12-25(26)27)31(33(47)41-29(32(46)37(2,3)4)15-10-11-19-39-34(48)38-5)43-35(49)44-20-17-24(18-21-44)45-30-16-9-8-14-28(30)42-36(45)50/h6-9,12-14,16,22-24,29,31-32,40,46H,10-11,15,17-21H2,1-5H3,(H,41,47)(H,42,50)(H,43,49)(H2,38,39,48)/t23-,29?,31+,32-/m0/s1. The van der Waals surface area contributed by atoms with Crippen molar-refractivity contribution in [2.75, 3.05) is 26.7 Å². The first-order valence-electron chi connectivity index (χ1n) is 17.6. The summed E-state index contributed by atoms with van der Waals surface area (Å²) in [5.74, 6) is -0.797. The molecule has 1 fully saturated rings. The highest BCUT2D eigenvalue weighted by atomic mass is 16.3. The summed E-state index contributed by atoms with van der Waals surface area (Å²) in [4.78, 5) is 60.5. The normalized spacial score (nSPS) is 16.5. The molecule has 0 spiro atoms. The molecule has 4 aromatic rings. The largest absolute Gasteiger partial charge is 0.390 e. The highest BCUT2D eigenvalue weighted by Crippen LogP contribution is 2.30. The molecule has 1 saturated heterocycles. The summed E-state index contributed by atoms with van der Waals surface area (Å²) in [5.41, 5.74) is 2.78. The molecule has 5 rings (SSSR count). The number of aromatic nitrogens is 3. The number of hydrogen-bond acceptors (Lipinski definition) is 5. The minimum absolute atomic E-state index is 0.0573. The number of carbonyl (C=O) groups is 3. The van der Waals surface area contributed by atoms with Crippen molar-refractivity contribution in [1.82, 2.24) is 40.7 Å². The van der Waals surface area contributed by atoms with Crippen LogP contribution in [0, 0.1) is 5.41 Å². The molecule has 1 aliphatic rings. The van der Waals surface area contributed by atoms with Crippen molar-refractivity contribution in [2.24, 2.45) is 5.41 Å². The van der Waals surface area contributed by atoms with Crippen LogP contribution in [0.5, 0.6) is 0 Å². The van der Waals surface area contributed by atoms with E-state index in [9.17, 15) is 24.3 Å². The van der Waals surface area contributed by atoms with Gasteiger partial charge in [-0.3, -0.25) is 9.36 Å². The Bertz CT molecular complexity index is 1830. The van der Waals surface area contributed by atoms with Gasteiger partial charge in [-0.25, -0.2) is 14.4 Å². The number of benzene rings is 2. The van der Waals surface area contributed by atoms with Crippen LogP contribution in [0.15, 0.2) is 59.5 Å². The van der Waals surface area contributed by atoms with Crippen molar-refractivity contribution in [3.05, 3.63) is 70.8 Å². The fourth-order valence-corrected chi connectivity index (χ4v) is 7.02. The number of aliphatic hydroxyl groups excluding tert-OH is 1. The van der Waals surface area contributed by atoms with Gasteiger partial charge in [0.1, 0.15) is 6.04 Å². The zero-order valence-corrected chi connectivity index (χ0v) is 29.7. The fraction of sp³-hybridized carbons (Fsp3) is 0.514. The number of amides is 5. The summed E-state index contributed by atoms with van der Waals surface area (Å²) in [7, 11) is 1.56. The third-order valence-electron chi connectivity index (χ3n) is 9.96. The minimum atomic E-state index is -0.944. The molecule has 50 heavy (non-hydrogen) atoms. The third kappa shape index (κ3) is 8.32.